The van der Waals surface area contributed by atoms with E-state index >= 15 is 0 Å². The number of nitrogens with one attached hydrogen (secondary N) is 1. The molecule has 0 heterocycles. The zero-order valence-electron chi connectivity index (χ0n) is 13.4. The Morgan fingerprint density at radius 1 is 1.19 bits per heavy atom. The first-order valence-corrected chi connectivity index (χ1v) is 9.57. The van der Waals surface area contributed by atoms with Crippen LogP contribution in [0.15, 0.2) is 0 Å². The van der Waals surface area contributed by atoms with E-state index < -0.39 is 0 Å². The van der Waals surface area contributed by atoms with E-state index in [-0.39, 0.29) is 11.5 Å². The molecule has 4 heteroatoms. The summed E-state index contributed by atoms with van der Waals surface area (Å²) in [6.07, 6.45) is 11.0. The predicted octanol–water partition coefficient (Wildman–Crippen LogP) is 3.51. The molecular weight excluding hydrogens is 282 g/mol. The minimum absolute atomic E-state index is 0.0329. The van der Waals surface area contributed by atoms with Gasteiger partial charge in [0, 0.05) is 16.5 Å². The summed E-state index contributed by atoms with van der Waals surface area (Å²) in [7, 11) is 1.53. The summed E-state index contributed by atoms with van der Waals surface area (Å²) in [6.45, 7) is 2.38. The minimum Gasteiger partial charge on any atom is -0.468 e. The third-order valence-electron chi connectivity index (χ3n) is 5.38. The zero-order valence-corrected chi connectivity index (χ0v) is 14.2. The van der Waals surface area contributed by atoms with Gasteiger partial charge in [-0.05, 0) is 50.9 Å². The van der Waals surface area contributed by atoms with Gasteiger partial charge in [-0.15, -0.1) is 0 Å². The average Bonchev–Trinajstić information content (AvgIpc) is 3.18. The van der Waals surface area contributed by atoms with E-state index in [1.165, 1.54) is 45.6 Å². The smallest absolute Gasteiger partial charge is 0.326 e. The molecule has 1 N–H and O–H groups in total. The van der Waals surface area contributed by atoms with Crippen LogP contribution in [0.2, 0.25) is 0 Å². The molecule has 120 valence electrons. The molecule has 0 saturated heterocycles. The molecule has 3 nitrogen and oxygen atoms in total. The number of thioether (sulfide) groups is 1. The van der Waals surface area contributed by atoms with Gasteiger partial charge in [-0.1, -0.05) is 19.8 Å². The van der Waals surface area contributed by atoms with Crippen LogP contribution in [0.4, 0.5) is 0 Å². The largest absolute Gasteiger partial charge is 0.468 e. The first kappa shape index (κ1) is 15.7. The van der Waals surface area contributed by atoms with Crippen molar-refractivity contribution in [2.45, 2.75) is 86.8 Å². The Bertz CT molecular complexity index is 385. The van der Waals surface area contributed by atoms with Gasteiger partial charge >= 0.3 is 5.97 Å². The van der Waals surface area contributed by atoms with Gasteiger partial charge in [-0.2, -0.15) is 11.8 Å². The lowest BCUT2D eigenvalue weighted by molar-refractivity contribution is -0.148. The van der Waals surface area contributed by atoms with E-state index in [0.717, 1.165) is 30.4 Å². The molecule has 3 rings (SSSR count). The Morgan fingerprint density at radius 3 is 2.67 bits per heavy atom. The lowest BCUT2D eigenvalue weighted by Gasteiger charge is -2.30. The van der Waals surface area contributed by atoms with Crippen LogP contribution in [0, 0.1) is 5.92 Å². The average molecular weight is 311 g/mol. The Labute approximate surface area is 133 Å². The third-order valence-corrected chi connectivity index (χ3v) is 6.98. The van der Waals surface area contributed by atoms with Crippen molar-refractivity contribution in [2.75, 3.05) is 7.11 Å². The van der Waals surface area contributed by atoms with Crippen molar-refractivity contribution in [2.24, 2.45) is 5.92 Å². The van der Waals surface area contributed by atoms with Gasteiger partial charge in [0.05, 0.1) is 7.11 Å². The van der Waals surface area contributed by atoms with Gasteiger partial charge in [-0.25, -0.2) is 0 Å². The van der Waals surface area contributed by atoms with Crippen LogP contribution < -0.4 is 5.32 Å². The van der Waals surface area contributed by atoms with Crippen molar-refractivity contribution in [3.8, 4) is 0 Å². The first-order chi connectivity index (χ1) is 10.1. The fraction of sp³-hybridized carbons (Fsp3) is 0.941. The van der Waals surface area contributed by atoms with Crippen LogP contribution in [0.3, 0.4) is 0 Å². The number of hydrogen-bond donors (Lipinski definition) is 1. The lowest BCUT2D eigenvalue weighted by atomic mass is 9.91. The molecule has 0 spiro atoms. The van der Waals surface area contributed by atoms with Crippen molar-refractivity contribution in [1.82, 2.24) is 5.32 Å². The summed E-state index contributed by atoms with van der Waals surface area (Å²) >= 11 is 2.16. The molecule has 4 atom stereocenters. The number of carbonyl (C=O) groups is 1. The lowest BCUT2D eigenvalue weighted by Crippen LogP contribution is -2.52. The maximum Gasteiger partial charge on any atom is 0.326 e. The monoisotopic (exact) mass is 311 g/mol. The molecule has 0 radical (unpaired) electrons. The van der Waals surface area contributed by atoms with Gasteiger partial charge in [-0.3, -0.25) is 10.1 Å². The highest BCUT2D eigenvalue weighted by atomic mass is 32.2. The topological polar surface area (TPSA) is 38.3 Å². The molecular formula is C17H29NO2S. The second-order valence-corrected chi connectivity index (χ2v) is 8.99. The fourth-order valence-electron chi connectivity index (χ4n) is 4.08. The van der Waals surface area contributed by atoms with Crippen LogP contribution in [-0.2, 0) is 9.53 Å². The highest BCUT2D eigenvalue weighted by Gasteiger charge is 2.49. The molecule has 0 amide bonds. The molecule has 0 aliphatic heterocycles. The summed E-state index contributed by atoms with van der Waals surface area (Å²) in [4.78, 5) is 12.3. The second-order valence-electron chi connectivity index (χ2n) is 7.39. The molecule has 21 heavy (non-hydrogen) atoms. The van der Waals surface area contributed by atoms with E-state index in [0.29, 0.717) is 11.3 Å². The van der Waals surface area contributed by atoms with Crippen molar-refractivity contribution in [1.29, 1.82) is 0 Å². The van der Waals surface area contributed by atoms with Crippen molar-refractivity contribution >= 4 is 17.7 Å². The SMILES string of the molecule is COC(=O)C1(NC2CC2)CCC(SC2CCCC(C)C2)C1. The van der Waals surface area contributed by atoms with E-state index in [4.69, 9.17) is 4.74 Å². The van der Waals surface area contributed by atoms with Gasteiger partial charge in [0.1, 0.15) is 5.54 Å². The highest BCUT2D eigenvalue weighted by Crippen LogP contribution is 2.44. The summed E-state index contributed by atoms with van der Waals surface area (Å²) in [6, 6.07) is 0.558. The normalized spacial score (nSPS) is 40.2. The zero-order chi connectivity index (χ0) is 14.9. The highest BCUT2D eigenvalue weighted by molar-refractivity contribution is 8.00. The molecule has 3 aliphatic carbocycles. The van der Waals surface area contributed by atoms with Crippen LogP contribution in [0.1, 0.15) is 64.7 Å². The van der Waals surface area contributed by atoms with Crippen molar-refractivity contribution < 1.29 is 9.53 Å². The van der Waals surface area contributed by atoms with Crippen LogP contribution in [-0.4, -0.2) is 35.2 Å². The van der Waals surface area contributed by atoms with E-state index in [2.05, 4.69) is 24.0 Å². The van der Waals surface area contributed by atoms with Crippen LogP contribution in [0.25, 0.3) is 0 Å². The molecule has 0 bridgehead atoms. The van der Waals surface area contributed by atoms with E-state index in [1.807, 2.05) is 0 Å². The molecule has 0 aromatic rings. The Balaban J connectivity index is 1.57. The molecule has 0 aromatic carbocycles. The third kappa shape index (κ3) is 3.76. The Morgan fingerprint density at radius 2 is 2.00 bits per heavy atom. The van der Waals surface area contributed by atoms with Gasteiger partial charge in [0.25, 0.3) is 0 Å². The molecule has 4 unspecified atom stereocenters. The number of esters is 1. The molecule has 0 aromatic heterocycles. The fourth-order valence-corrected chi connectivity index (χ4v) is 6.00. The van der Waals surface area contributed by atoms with Gasteiger partial charge in [0.15, 0.2) is 0 Å². The summed E-state index contributed by atoms with van der Waals surface area (Å²) in [5.74, 6) is 0.849. The van der Waals surface area contributed by atoms with Crippen LogP contribution in [0.5, 0.6) is 0 Å². The number of carbonyl (C=O) groups excluding carboxylic acids is 1. The number of rotatable bonds is 5. The maximum atomic E-state index is 12.3. The Kier molecular flexibility index (Phi) is 4.84. The van der Waals surface area contributed by atoms with Crippen molar-refractivity contribution in [3.05, 3.63) is 0 Å². The van der Waals surface area contributed by atoms with E-state index in [1.54, 1.807) is 0 Å². The Hall–Kier alpha value is -0.220. The first-order valence-electron chi connectivity index (χ1n) is 8.63. The maximum absolute atomic E-state index is 12.3. The molecule has 3 fully saturated rings. The summed E-state index contributed by atoms with van der Waals surface area (Å²) < 4.78 is 5.11. The van der Waals surface area contributed by atoms with Gasteiger partial charge in [0.2, 0.25) is 0 Å². The number of ether oxygens (including phenoxy) is 1. The minimum atomic E-state index is -0.381. The number of hydrogen-bond acceptors (Lipinski definition) is 4. The summed E-state index contributed by atoms with van der Waals surface area (Å²) in [5, 5.41) is 5.05. The van der Waals surface area contributed by atoms with Crippen LogP contribution >= 0.6 is 11.8 Å². The quantitative estimate of drug-likeness (QED) is 0.789. The van der Waals surface area contributed by atoms with Gasteiger partial charge < -0.3 is 4.74 Å². The summed E-state index contributed by atoms with van der Waals surface area (Å²) in [5.41, 5.74) is -0.381. The molecule has 3 aliphatic rings. The second kappa shape index (κ2) is 6.49. The predicted molar refractivity (Wildman–Crippen MR) is 87.6 cm³/mol. The molecule has 3 saturated carbocycles. The standard InChI is InChI=1S/C17H29NO2S/c1-12-4-3-5-14(10-12)21-15-8-9-17(11-15,16(19)20-2)18-13-6-7-13/h12-15,18H,3-11H2,1-2H3. The number of methoxy groups -OCH3 is 1. The van der Waals surface area contributed by atoms with Crippen molar-refractivity contribution in [3.63, 3.8) is 0 Å². The van der Waals surface area contributed by atoms with E-state index in [9.17, 15) is 4.79 Å².